The summed E-state index contributed by atoms with van der Waals surface area (Å²) in [5, 5.41) is 3.48. The van der Waals surface area contributed by atoms with Crippen LogP contribution in [-0.4, -0.2) is 36.6 Å². The molecule has 66 valence electrons. The first kappa shape index (κ1) is 9.01. The first-order valence-electron chi connectivity index (χ1n) is 4.77. The van der Waals surface area contributed by atoms with Gasteiger partial charge >= 0.3 is 0 Å². The summed E-state index contributed by atoms with van der Waals surface area (Å²) in [5.41, 5.74) is 0. The Balaban J connectivity index is 2.43. The molecular formula is C9H20N2. The zero-order chi connectivity index (χ0) is 8.27. The van der Waals surface area contributed by atoms with Crippen molar-refractivity contribution < 1.29 is 0 Å². The van der Waals surface area contributed by atoms with Gasteiger partial charge < -0.3 is 5.32 Å². The maximum atomic E-state index is 3.48. The SMILES string of the molecule is CCN(CC)C1CCNC1C. The average Bonchev–Trinajstić information content (AvgIpc) is 2.40. The first-order valence-corrected chi connectivity index (χ1v) is 4.77. The Morgan fingerprint density at radius 1 is 1.36 bits per heavy atom. The maximum Gasteiger partial charge on any atom is 0.0258 e. The van der Waals surface area contributed by atoms with Gasteiger partial charge in [0.05, 0.1) is 0 Å². The molecule has 11 heavy (non-hydrogen) atoms. The minimum atomic E-state index is 0.690. The Bertz CT molecular complexity index is 110. The first-order chi connectivity index (χ1) is 5.29. The maximum absolute atomic E-state index is 3.48. The van der Waals surface area contributed by atoms with Crippen molar-refractivity contribution in [2.45, 2.75) is 39.3 Å². The summed E-state index contributed by atoms with van der Waals surface area (Å²) in [7, 11) is 0. The van der Waals surface area contributed by atoms with Gasteiger partial charge in [0.2, 0.25) is 0 Å². The Labute approximate surface area is 70.0 Å². The molecule has 0 aromatic carbocycles. The van der Waals surface area contributed by atoms with E-state index >= 15 is 0 Å². The fourth-order valence-electron chi connectivity index (χ4n) is 2.04. The zero-order valence-corrected chi connectivity index (χ0v) is 7.93. The van der Waals surface area contributed by atoms with Crippen molar-refractivity contribution >= 4 is 0 Å². The van der Waals surface area contributed by atoms with Crippen molar-refractivity contribution in [1.82, 2.24) is 10.2 Å². The van der Waals surface area contributed by atoms with Gasteiger partial charge in [0, 0.05) is 12.1 Å². The fraction of sp³-hybridized carbons (Fsp3) is 1.00. The quantitative estimate of drug-likeness (QED) is 0.658. The van der Waals surface area contributed by atoms with Crippen molar-refractivity contribution in [2.24, 2.45) is 0 Å². The summed E-state index contributed by atoms with van der Waals surface area (Å²) in [4.78, 5) is 2.55. The van der Waals surface area contributed by atoms with E-state index in [0.717, 1.165) is 6.04 Å². The minimum Gasteiger partial charge on any atom is -0.313 e. The highest BCUT2D eigenvalue weighted by molar-refractivity contribution is 4.87. The van der Waals surface area contributed by atoms with Crippen LogP contribution in [0.15, 0.2) is 0 Å². The van der Waals surface area contributed by atoms with Gasteiger partial charge in [-0.3, -0.25) is 4.90 Å². The predicted molar refractivity (Wildman–Crippen MR) is 48.8 cm³/mol. The van der Waals surface area contributed by atoms with Crippen LogP contribution in [0.2, 0.25) is 0 Å². The second kappa shape index (κ2) is 4.07. The zero-order valence-electron chi connectivity index (χ0n) is 7.93. The smallest absolute Gasteiger partial charge is 0.0258 e. The highest BCUT2D eigenvalue weighted by atomic mass is 15.2. The lowest BCUT2D eigenvalue weighted by molar-refractivity contribution is 0.205. The van der Waals surface area contributed by atoms with Crippen LogP contribution >= 0.6 is 0 Å². The van der Waals surface area contributed by atoms with Crippen molar-refractivity contribution in [2.75, 3.05) is 19.6 Å². The summed E-state index contributed by atoms with van der Waals surface area (Å²) in [6.45, 7) is 10.3. The van der Waals surface area contributed by atoms with Crippen molar-refractivity contribution in [3.63, 3.8) is 0 Å². The van der Waals surface area contributed by atoms with Gasteiger partial charge in [0.1, 0.15) is 0 Å². The number of nitrogens with one attached hydrogen (secondary N) is 1. The van der Waals surface area contributed by atoms with E-state index in [1.165, 1.54) is 26.1 Å². The fourth-order valence-corrected chi connectivity index (χ4v) is 2.04. The molecule has 0 radical (unpaired) electrons. The van der Waals surface area contributed by atoms with Gasteiger partial charge in [-0.25, -0.2) is 0 Å². The van der Waals surface area contributed by atoms with E-state index in [2.05, 4.69) is 31.0 Å². The van der Waals surface area contributed by atoms with Gasteiger partial charge in [-0.1, -0.05) is 13.8 Å². The van der Waals surface area contributed by atoms with Crippen LogP contribution < -0.4 is 5.32 Å². The lowest BCUT2D eigenvalue weighted by Crippen LogP contribution is -2.41. The molecule has 1 aliphatic rings. The number of rotatable bonds is 3. The summed E-state index contributed by atoms with van der Waals surface area (Å²) >= 11 is 0. The Hall–Kier alpha value is -0.0800. The van der Waals surface area contributed by atoms with Gasteiger partial charge in [0.15, 0.2) is 0 Å². The number of likely N-dealkylation sites (N-methyl/N-ethyl adjacent to an activating group) is 1. The molecule has 2 heteroatoms. The topological polar surface area (TPSA) is 15.3 Å². The molecule has 2 atom stereocenters. The molecule has 1 N–H and O–H groups in total. The molecular weight excluding hydrogens is 136 g/mol. The second-order valence-electron chi connectivity index (χ2n) is 3.32. The van der Waals surface area contributed by atoms with Gasteiger partial charge in [-0.05, 0) is 33.0 Å². The standard InChI is InChI=1S/C9H20N2/c1-4-11(5-2)9-6-7-10-8(9)3/h8-10H,4-7H2,1-3H3. The van der Waals surface area contributed by atoms with E-state index in [1.807, 2.05) is 0 Å². The van der Waals surface area contributed by atoms with Crippen LogP contribution in [0, 0.1) is 0 Å². The number of hydrogen-bond donors (Lipinski definition) is 1. The molecule has 0 bridgehead atoms. The highest BCUT2D eigenvalue weighted by Gasteiger charge is 2.26. The summed E-state index contributed by atoms with van der Waals surface area (Å²) in [6.07, 6.45) is 1.32. The highest BCUT2D eigenvalue weighted by Crippen LogP contribution is 2.13. The summed E-state index contributed by atoms with van der Waals surface area (Å²) in [5.74, 6) is 0. The molecule has 0 spiro atoms. The van der Waals surface area contributed by atoms with E-state index in [1.54, 1.807) is 0 Å². The third-order valence-electron chi connectivity index (χ3n) is 2.76. The Morgan fingerprint density at radius 2 is 2.00 bits per heavy atom. The van der Waals surface area contributed by atoms with Crippen molar-refractivity contribution in [1.29, 1.82) is 0 Å². The van der Waals surface area contributed by atoms with Crippen LogP contribution in [0.25, 0.3) is 0 Å². The Morgan fingerprint density at radius 3 is 2.36 bits per heavy atom. The second-order valence-corrected chi connectivity index (χ2v) is 3.32. The molecule has 0 saturated carbocycles. The molecule has 2 unspecified atom stereocenters. The van der Waals surface area contributed by atoms with Crippen molar-refractivity contribution in [3.8, 4) is 0 Å². The summed E-state index contributed by atoms with van der Waals surface area (Å²) < 4.78 is 0. The van der Waals surface area contributed by atoms with Gasteiger partial charge in [-0.15, -0.1) is 0 Å². The van der Waals surface area contributed by atoms with E-state index < -0.39 is 0 Å². The molecule has 0 amide bonds. The third-order valence-corrected chi connectivity index (χ3v) is 2.76. The molecule has 1 aliphatic heterocycles. The van der Waals surface area contributed by atoms with Crippen LogP contribution in [0.4, 0.5) is 0 Å². The van der Waals surface area contributed by atoms with Crippen LogP contribution in [0.1, 0.15) is 27.2 Å². The molecule has 0 aromatic rings. The molecule has 1 fully saturated rings. The predicted octanol–water partition coefficient (Wildman–Crippen LogP) is 1.08. The molecule has 0 aliphatic carbocycles. The molecule has 0 aromatic heterocycles. The average molecular weight is 156 g/mol. The van der Waals surface area contributed by atoms with E-state index in [4.69, 9.17) is 0 Å². The van der Waals surface area contributed by atoms with Crippen LogP contribution in [-0.2, 0) is 0 Å². The minimum absolute atomic E-state index is 0.690. The molecule has 2 nitrogen and oxygen atoms in total. The van der Waals surface area contributed by atoms with Crippen LogP contribution in [0.5, 0.6) is 0 Å². The van der Waals surface area contributed by atoms with E-state index in [0.29, 0.717) is 6.04 Å². The third kappa shape index (κ3) is 1.94. The largest absolute Gasteiger partial charge is 0.313 e. The van der Waals surface area contributed by atoms with Gasteiger partial charge in [0.25, 0.3) is 0 Å². The number of nitrogens with zero attached hydrogens (tertiary/aromatic N) is 1. The van der Waals surface area contributed by atoms with Crippen molar-refractivity contribution in [3.05, 3.63) is 0 Å². The lowest BCUT2D eigenvalue weighted by Gasteiger charge is -2.28. The normalized spacial score (nSPS) is 31.6. The number of hydrogen-bond acceptors (Lipinski definition) is 2. The lowest BCUT2D eigenvalue weighted by atomic mass is 10.1. The van der Waals surface area contributed by atoms with E-state index in [9.17, 15) is 0 Å². The molecule has 1 rings (SSSR count). The van der Waals surface area contributed by atoms with E-state index in [-0.39, 0.29) is 0 Å². The van der Waals surface area contributed by atoms with Crippen LogP contribution in [0.3, 0.4) is 0 Å². The monoisotopic (exact) mass is 156 g/mol. The summed E-state index contributed by atoms with van der Waals surface area (Å²) in [6, 6.07) is 1.47. The Kier molecular flexibility index (Phi) is 3.34. The molecule has 1 heterocycles. The van der Waals surface area contributed by atoms with Gasteiger partial charge in [-0.2, -0.15) is 0 Å². The molecule has 1 saturated heterocycles.